The molecule has 0 radical (unpaired) electrons. The highest BCUT2D eigenvalue weighted by Gasteiger charge is 2.21. The van der Waals surface area contributed by atoms with E-state index in [0.717, 1.165) is 11.3 Å². The number of hydrogen-bond acceptors (Lipinski definition) is 6. The lowest BCUT2D eigenvalue weighted by atomic mass is 10.1. The maximum atomic E-state index is 12.3. The van der Waals surface area contributed by atoms with E-state index in [9.17, 15) is 14.9 Å². The molecule has 0 aliphatic carbocycles. The number of amides is 2. The highest BCUT2D eigenvalue weighted by molar-refractivity contribution is 5.97. The molecule has 1 saturated heterocycles. The van der Waals surface area contributed by atoms with Crippen molar-refractivity contribution in [1.29, 1.82) is 5.26 Å². The predicted octanol–water partition coefficient (Wildman–Crippen LogP) is 1.54. The molecule has 1 aromatic carbocycles. The van der Waals surface area contributed by atoms with Gasteiger partial charge in [0.05, 0.1) is 13.7 Å². The molecular weight excluding hydrogens is 360 g/mol. The average Bonchev–Trinajstić information content (AvgIpc) is 2.73. The first-order chi connectivity index (χ1) is 13.6. The quantitative estimate of drug-likeness (QED) is 0.564. The van der Waals surface area contributed by atoms with Crippen LogP contribution in [0.1, 0.15) is 12.5 Å². The minimum atomic E-state index is -0.399. The van der Waals surface area contributed by atoms with Crippen molar-refractivity contribution < 1.29 is 19.1 Å². The number of carbonyl (C=O) groups is 2. The van der Waals surface area contributed by atoms with E-state index >= 15 is 0 Å². The van der Waals surface area contributed by atoms with E-state index in [1.807, 2.05) is 35.2 Å². The number of carbonyl (C=O) groups excluding carboxylic acids is 2. The van der Waals surface area contributed by atoms with Crippen molar-refractivity contribution in [3.8, 4) is 11.8 Å². The Morgan fingerprint density at radius 3 is 2.46 bits per heavy atom. The molecule has 8 nitrogen and oxygen atoms in total. The number of methoxy groups -OCH3 is 1. The molecule has 0 spiro atoms. The van der Waals surface area contributed by atoms with Crippen molar-refractivity contribution in [1.82, 2.24) is 15.1 Å². The Kier molecular flexibility index (Phi) is 8.15. The van der Waals surface area contributed by atoms with Gasteiger partial charge in [-0.3, -0.25) is 4.79 Å². The molecule has 150 valence electrons. The molecule has 0 bridgehead atoms. The summed E-state index contributed by atoms with van der Waals surface area (Å²) in [7, 11) is 1.61. The van der Waals surface area contributed by atoms with E-state index in [1.54, 1.807) is 25.1 Å². The van der Waals surface area contributed by atoms with E-state index in [-0.39, 0.29) is 11.7 Å². The van der Waals surface area contributed by atoms with Crippen molar-refractivity contribution in [3.05, 3.63) is 41.6 Å². The zero-order valence-corrected chi connectivity index (χ0v) is 16.3. The molecular formula is C20H26N4O4. The van der Waals surface area contributed by atoms with Crippen LogP contribution in [-0.4, -0.2) is 68.2 Å². The van der Waals surface area contributed by atoms with E-state index in [4.69, 9.17) is 9.47 Å². The number of nitriles is 1. The molecule has 0 saturated carbocycles. The van der Waals surface area contributed by atoms with Gasteiger partial charge in [-0.1, -0.05) is 12.1 Å². The summed E-state index contributed by atoms with van der Waals surface area (Å²) in [5.74, 6) is 0.384. The molecule has 2 amide bonds. The third-order valence-electron chi connectivity index (χ3n) is 4.38. The molecule has 0 aromatic heterocycles. The van der Waals surface area contributed by atoms with Crippen LogP contribution < -0.4 is 10.1 Å². The molecule has 1 aliphatic heterocycles. The van der Waals surface area contributed by atoms with Gasteiger partial charge in [-0.05, 0) is 31.0 Å². The van der Waals surface area contributed by atoms with Crippen LogP contribution in [0.4, 0.5) is 4.79 Å². The fraction of sp³-hybridized carbons (Fsp3) is 0.450. The Bertz CT molecular complexity index is 732. The highest BCUT2D eigenvalue weighted by atomic mass is 16.6. The Morgan fingerprint density at radius 1 is 1.21 bits per heavy atom. The van der Waals surface area contributed by atoms with Gasteiger partial charge in [0, 0.05) is 38.9 Å². The van der Waals surface area contributed by atoms with Crippen LogP contribution >= 0.6 is 0 Å². The van der Waals surface area contributed by atoms with Crippen molar-refractivity contribution in [2.24, 2.45) is 0 Å². The van der Waals surface area contributed by atoms with Crippen LogP contribution in [0, 0.1) is 11.3 Å². The van der Waals surface area contributed by atoms with Gasteiger partial charge in [0.2, 0.25) is 0 Å². The Morgan fingerprint density at radius 2 is 1.89 bits per heavy atom. The summed E-state index contributed by atoms with van der Waals surface area (Å²) in [6.07, 6.45) is 1.89. The maximum Gasteiger partial charge on any atom is 0.409 e. The second-order valence-electron chi connectivity index (χ2n) is 6.23. The standard InChI is InChI=1S/C20H26N4O4/c1-3-28-20(26)24-12-10-23(11-13-24)15-17(14-21)19(25)22-9-8-16-4-6-18(27-2)7-5-16/h4-7,15H,3,8-13H2,1-2H3,(H,22,25)/b17-15-. The summed E-state index contributed by atoms with van der Waals surface area (Å²) in [6.45, 7) is 4.62. The van der Waals surface area contributed by atoms with E-state index < -0.39 is 5.91 Å². The Balaban J connectivity index is 1.80. The maximum absolute atomic E-state index is 12.3. The molecule has 1 aliphatic rings. The fourth-order valence-electron chi connectivity index (χ4n) is 2.78. The van der Waals surface area contributed by atoms with E-state index in [2.05, 4.69) is 5.32 Å². The fourth-order valence-corrected chi connectivity index (χ4v) is 2.78. The van der Waals surface area contributed by atoms with Gasteiger partial charge in [-0.25, -0.2) is 4.79 Å². The van der Waals surface area contributed by atoms with Crippen LogP contribution in [0.5, 0.6) is 5.75 Å². The lowest BCUT2D eigenvalue weighted by Crippen LogP contribution is -2.47. The van der Waals surface area contributed by atoms with Crippen molar-refractivity contribution in [2.45, 2.75) is 13.3 Å². The van der Waals surface area contributed by atoms with E-state index in [1.165, 1.54) is 0 Å². The molecule has 0 atom stereocenters. The first kappa shape index (κ1) is 21.1. The molecule has 0 unspecified atom stereocenters. The summed E-state index contributed by atoms with van der Waals surface area (Å²) < 4.78 is 10.1. The van der Waals surface area contributed by atoms with Gasteiger partial charge < -0.3 is 24.6 Å². The molecule has 28 heavy (non-hydrogen) atoms. The minimum Gasteiger partial charge on any atom is -0.497 e. The monoisotopic (exact) mass is 386 g/mol. The zero-order valence-electron chi connectivity index (χ0n) is 16.3. The second kappa shape index (κ2) is 10.8. The van der Waals surface area contributed by atoms with Crippen molar-refractivity contribution in [2.75, 3.05) is 46.4 Å². The summed E-state index contributed by atoms with van der Waals surface area (Å²) in [4.78, 5) is 27.5. The first-order valence-corrected chi connectivity index (χ1v) is 9.26. The SMILES string of the molecule is CCOC(=O)N1CCN(/C=C(/C#N)C(=O)NCCc2ccc(OC)cc2)CC1. The number of ether oxygens (including phenoxy) is 2. The lowest BCUT2D eigenvalue weighted by molar-refractivity contribution is -0.117. The molecule has 1 heterocycles. The van der Waals surface area contributed by atoms with Gasteiger partial charge in [0.1, 0.15) is 17.4 Å². The number of benzene rings is 1. The van der Waals surface area contributed by atoms with Gasteiger partial charge in [0.25, 0.3) is 5.91 Å². The van der Waals surface area contributed by atoms with Gasteiger partial charge in [-0.15, -0.1) is 0 Å². The summed E-state index contributed by atoms with van der Waals surface area (Å²) >= 11 is 0. The van der Waals surface area contributed by atoms with Crippen LogP contribution in [0.3, 0.4) is 0 Å². The van der Waals surface area contributed by atoms with E-state index in [0.29, 0.717) is 45.8 Å². The lowest BCUT2D eigenvalue weighted by Gasteiger charge is -2.33. The largest absolute Gasteiger partial charge is 0.497 e. The van der Waals surface area contributed by atoms with Crippen LogP contribution in [0.25, 0.3) is 0 Å². The average molecular weight is 386 g/mol. The third kappa shape index (κ3) is 6.20. The van der Waals surface area contributed by atoms with Crippen LogP contribution in [-0.2, 0) is 16.0 Å². The topological polar surface area (TPSA) is 94.9 Å². The summed E-state index contributed by atoms with van der Waals surface area (Å²) in [5, 5.41) is 12.1. The molecule has 1 fully saturated rings. The van der Waals surface area contributed by atoms with Crippen LogP contribution in [0.15, 0.2) is 36.0 Å². The zero-order chi connectivity index (χ0) is 20.4. The number of nitrogens with zero attached hydrogens (tertiary/aromatic N) is 3. The summed E-state index contributed by atoms with van der Waals surface area (Å²) in [5.41, 5.74) is 1.12. The Hall–Kier alpha value is -3.21. The second-order valence-corrected chi connectivity index (χ2v) is 6.23. The van der Waals surface area contributed by atoms with Gasteiger partial charge >= 0.3 is 6.09 Å². The molecule has 1 aromatic rings. The van der Waals surface area contributed by atoms with Gasteiger partial charge in [0.15, 0.2) is 0 Å². The minimum absolute atomic E-state index is 0.0549. The highest BCUT2D eigenvalue weighted by Crippen LogP contribution is 2.11. The number of piperazine rings is 1. The molecule has 2 rings (SSSR count). The number of nitrogens with one attached hydrogen (secondary N) is 1. The third-order valence-corrected chi connectivity index (χ3v) is 4.38. The first-order valence-electron chi connectivity index (χ1n) is 9.26. The molecule has 1 N–H and O–H groups in total. The van der Waals surface area contributed by atoms with Crippen LogP contribution in [0.2, 0.25) is 0 Å². The smallest absolute Gasteiger partial charge is 0.409 e. The number of rotatable bonds is 7. The van der Waals surface area contributed by atoms with Crippen molar-refractivity contribution in [3.63, 3.8) is 0 Å². The normalized spacial score (nSPS) is 14.2. The Labute approximate surface area is 165 Å². The number of hydrogen-bond donors (Lipinski definition) is 1. The molecule has 8 heteroatoms. The predicted molar refractivity (Wildman–Crippen MR) is 104 cm³/mol. The van der Waals surface area contributed by atoms with Gasteiger partial charge in [-0.2, -0.15) is 5.26 Å². The van der Waals surface area contributed by atoms with Crippen molar-refractivity contribution >= 4 is 12.0 Å². The summed E-state index contributed by atoms with van der Waals surface area (Å²) in [6, 6.07) is 9.57.